The lowest BCUT2D eigenvalue weighted by atomic mass is 10.1. The van der Waals surface area contributed by atoms with Crippen molar-refractivity contribution in [3.8, 4) is 5.75 Å². The standard InChI is InChI=1S/C34H59N5O5/c1-3-4-5-6-7-8-9-10-11-12-21-35-31(41)16-15-26-44-30-19-17-29(18-20-30)37-33(38-32(42)27-28(2)40)34(43)36-22-25-39-23-13-14-24-39/h17-20,28,33,37,40H,3-16,21-27H2,1-2H3,(H,35,41)(H,36,43)(H,38,42). The van der Waals surface area contributed by atoms with Crippen molar-refractivity contribution in [1.29, 1.82) is 0 Å². The van der Waals surface area contributed by atoms with Crippen molar-refractivity contribution in [3.05, 3.63) is 24.3 Å². The highest BCUT2D eigenvalue weighted by Gasteiger charge is 2.22. The lowest BCUT2D eigenvalue weighted by molar-refractivity contribution is -0.129. The van der Waals surface area contributed by atoms with E-state index in [1.54, 1.807) is 24.3 Å². The number of ether oxygens (including phenoxy) is 1. The van der Waals surface area contributed by atoms with Crippen LogP contribution in [0, 0.1) is 0 Å². The molecule has 0 aliphatic carbocycles. The third-order valence-electron chi connectivity index (χ3n) is 7.81. The molecule has 10 heteroatoms. The summed E-state index contributed by atoms with van der Waals surface area (Å²) in [5.41, 5.74) is 0.640. The molecule has 2 unspecified atom stereocenters. The molecule has 0 radical (unpaired) electrons. The fourth-order valence-electron chi connectivity index (χ4n) is 5.27. The summed E-state index contributed by atoms with van der Waals surface area (Å²) < 4.78 is 5.80. The zero-order valence-corrected chi connectivity index (χ0v) is 27.3. The Bertz CT molecular complexity index is 921. The number of rotatable bonds is 25. The fraction of sp³-hybridized carbons (Fsp3) is 0.735. The molecule has 0 saturated carbocycles. The highest BCUT2D eigenvalue weighted by molar-refractivity contribution is 5.89. The number of carbonyl (C=O) groups excluding carboxylic acids is 3. The number of benzene rings is 1. The van der Waals surface area contributed by atoms with E-state index in [0.717, 1.165) is 32.6 Å². The van der Waals surface area contributed by atoms with Gasteiger partial charge in [0.25, 0.3) is 5.91 Å². The van der Waals surface area contributed by atoms with Gasteiger partial charge in [-0.25, -0.2) is 0 Å². The van der Waals surface area contributed by atoms with Crippen molar-refractivity contribution < 1.29 is 24.2 Å². The molecule has 10 nitrogen and oxygen atoms in total. The molecule has 0 spiro atoms. The number of anilines is 1. The fourth-order valence-corrected chi connectivity index (χ4v) is 5.27. The number of aliphatic hydroxyl groups excluding tert-OH is 1. The molecule has 44 heavy (non-hydrogen) atoms. The topological polar surface area (TPSA) is 132 Å². The third kappa shape index (κ3) is 18.1. The van der Waals surface area contributed by atoms with E-state index in [9.17, 15) is 19.5 Å². The number of aliphatic hydroxyl groups is 1. The molecule has 1 heterocycles. The van der Waals surface area contributed by atoms with E-state index in [1.165, 1.54) is 77.6 Å². The summed E-state index contributed by atoms with van der Waals surface area (Å²) in [6.07, 6.45) is 14.3. The van der Waals surface area contributed by atoms with Crippen molar-refractivity contribution >= 4 is 23.4 Å². The van der Waals surface area contributed by atoms with E-state index >= 15 is 0 Å². The molecule has 1 aliphatic rings. The van der Waals surface area contributed by atoms with Gasteiger partial charge in [0.2, 0.25) is 11.8 Å². The van der Waals surface area contributed by atoms with E-state index in [0.29, 0.717) is 37.4 Å². The Labute approximate surface area is 265 Å². The normalized spacial score (nSPS) is 14.5. The lowest BCUT2D eigenvalue weighted by Crippen LogP contribution is -2.52. The molecular formula is C34H59N5O5. The molecule has 250 valence electrons. The summed E-state index contributed by atoms with van der Waals surface area (Å²) >= 11 is 0. The van der Waals surface area contributed by atoms with Gasteiger partial charge in [-0.1, -0.05) is 64.7 Å². The predicted molar refractivity (Wildman–Crippen MR) is 177 cm³/mol. The first-order chi connectivity index (χ1) is 21.4. The quantitative estimate of drug-likeness (QED) is 0.0793. The first-order valence-electron chi connectivity index (χ1n) is 17.1. The minimum absolute atomic E-state index is 0.0615. The molecule has 1 aromatic carbocycles. The lowest BCUT2D eigenvalue weighted by Gasteiger charge is -2.22. The Morgan fingerprint density at radius 2 is 1.48 bits per heavy atom. The third-order valence-corrected chi connectivity index (χ3v) is 7.81. The van der Waals surface area contributed by atoms with E-state index in [1.807, 2.05) is 0 Å². The maximum Gasteiger partial charge on any atom is 0.263 e. The smallest absolute Gasteiger partial charge is 0.263 e. The van der Waals surface area contributed by atoms with Crippen LogP contribution in [-0.2, 0) is 14.4 Å². The molecule has 3 amide bonds. The number of hydrogen-bond acceptors (Lipinski definition) is 7. The summed E-state index contributed by atoms with van der Waals surface area (Å²) in [6.45, 7) is 8.30. The van der Waals surface area contributed by atoms with Crippen LogP contribution < -0.4 is 26.0 Å². The maximum absolute atomic E-state index is 12.9. The van der Waals surface area contributed by atoms with Gasteiger partial charge in [0, 0.05) is 31.7 Å². The van der Waals surface area contributed by atoms with Gasteiger partial charge in [0.15, 0.2) is 6.17 Å². The van der Waals surface area contributed by atoms with Crippen LogP contribution in [0.4, 0.5) is 5.69 Å². The molecule has 1 fully saturated rings. The maximum atomic E-state index is 12.9. The van der Waals surface area contributed by atoms with Crippen LogP contribution in [0.3, 0.4) is 0 Å². The second kappa shape index (κ2) is 23.5. The van der Waals surface area contributed by atoms with E-state index in [4.69, 9.17) is 4.74 Å². The zero-order valence-electron chi connectivity index (χ0n) is 27.3. The molecule has 2 atom stereocenters. The Morgan fingerprint density at radius 1 is 0.841 bits per heavy atom. The summed E-state index contributed by atoms with van der Waals surface area (Å²) in [5.74, 6) is -0.0351. The minimum atomic E-state index is -0.981. The average molecular weight is 618 g/mol. The highest BCUT2D eigenvalue weighted by atomic mass is 16.5. The number of likely N-dealkylation sites (tertiary alicyclic amines) is 1. The number of amides is 3. The van der Waals surface area contributed by atoms with Crippen LogP contribution in [0.25, 0.3) is 0 Å². The van der Waals surface area contributed by atoms with Crippen LogP contribution in [0.2, 0.25) is 0 Å². The van der Waals surface area contributed by atoms with Gasteiger partial charge in [0.1, 0.15) is 5.75 Å². The van der Waals surface area contributed by atoms with Crippen LogP contribution in [0.15, 0.2) is 24.3 Å². The van der Waals surface area contributed by atoms with Crippen LogP contribution >= 0.6 is 0 Å². The minimum Gasteiger partial charge on any atom is -0.494 e. The average Bonchev–Trinajstić information content (AvgIpc) is 3.52. The molecule has 2 rings (SSSR count). The van der Waals surface area contributed by atoms with Gasteiger partial charge < -0.3 is 36.0 Å². The van der Waals surface area contributed by atoms with Crippen molar-refractivity contribution in [2.45, 2.75) is 122 Å². The van der Waals surface area contributed by atoms with Crippen molar-refractivity contribution in [2.75, 3.05) is 44.6 Å². The first-order valence-corrected chi connectivity index (χ1v) is 17.1. The van der Waals surface area contributed by atoms with Gasteiger partial charge in [-0.2, -0.15) is 0 Å². The number of hydrogen-bond donors (Lipinski definition) is 5. The molecule has 1 aliphatic heterocycles. The molecular weight excluding hydrogens is 558 g/mol. The summed E-state index contributed by atoms with van der Waals surface area (Å²) in [6, 6.07) is 7.13. The van der Waals surface area contributed by atoms with Gasteiger partial charge >= 0.3 is 0 Å². The van der Waals surface area contributed by atoms with E-state index in [-0.39, 0.29) is 18.2 Å². The molecule has 1 saturated heterocycles. The molecule has 0 aromatic heterocycles. The SMILES string of the molecule is CCCCCCCCCCCCNC(=O)CCCOc1ccc(NC(NC(=O)CC(C)O)C(=O)NCCN2CCCC2)cc1. The van der Waals surface area contributed by atoms with Gasteiger partial charge in [0.05, 0.1) is 19.1 Å². The monoisotopic (exact) mass is 617 g/mol. The summed E-state index contributed by atoms with van der Waals surface area (Å²) in [4.78, 5) is 39.6. The highest BCUT2D eigenvalue weighted by Crippen LogP contribution is 2.17. The molecule has 5 N–H and O–H groups in total. The Hall–Kier alpha value is -2.85. The van der Waals surface area contributed by atoms with Gasteiger partial charge in [-0.3, -0.25) is 14.4 Å². The number of carbonyl (C=O) groups is 3. The van der Waals surface area contributed by atoms with Gasteiger partial charge in [-0.15, -0.1) is 0 Å². The Kier molecular flexibility index (Phi) is 20.0. The van der Waals surface area contributed by atoms with Crippen LogP contribution in [0.5, 0.6) is 5.75 Å². The molecule has 0 bridgehead atoms. The second-order valence-corrected chi connectivity index (χ2v) is 12.0. The Morgan fingerprint density at radius 3 is 2.11 bits per heavy atom. The Balaban J connectivity index is 1.62. The van der Waals surface area contributed by atoms with Crippen molar-refractivity contribution in [1.82, 2.24) is 20.9 Å². The van der Waals surface area contributed by atoms with E-state index < -0.39 is 18.2 Å². The summed E-state index contributed by atoms with van der Waals surface area (Å²) in [7, 11) is 0. The van der Waals surface area contributed by atoms with Crippen molar-refractivity contribution in [2.24, 2.45) is 0 Å². The number of nitrogens with zero attached hydrogens (tertiary/aromatic N) is 1. The summed E-state index contributed by atoms with van der Waals surface area (Å²) in [5, 5.41) is 21.2. The van der Waals surface area contributed by atoms with E-state index in [2.05, 4.69) is 33.1 Å². The van der Waals surface area contributed by atoms with Gasteiger partial charge in [-0.05, 0) is 70.0 Å². The number of unbranched alkanes of at least 4 members (excludes halogenated alkanes) is 9. The van der Waals surface area contributed by atoms with Crippen molar-refractivity contribution in [3.63, 3.8) is 0 Å². The van der Waals surface area contributed by atoms with Crippen LogP contribution in [0.1, 0.15) is 110 Å². The molecule has 1 aromatic rings. The predicted octanol–water partition coefficient (Wildman–Crippen LogP) is 4.72. The first kappa shape index (κ1) is 37.3. The van der Waals surface area contributed by atoms with Crippen LogP contribution in [-0.4, -0.2) is 79.3 Å². The largest absolute Gasteiger partial charge is 0.494 e. The zero-order chi connectivity index (χ0) is 31.8. The second-order valence-electron chi connectivity index (χ2n) is 12.0. The number of nitrogens with one attached hydrogen (secondary N) is 4.